The zero-order chi connectivity index (χ0) is 13.4. The van der Waals surface area contributed by atoms with Gasteiger partial charge in [0.15, 0.2) is 0 Å². The van der Waals surface area contributed by atoms with Gasteiger partial charge in [0.05, 0.1) is 5.92 Å². The van der Waals surface area contributed by atoms with Crippen molar-refractivity contribution < 1.29 is 9.59 Å². The Balaban J connectivity index is 1.78. The summed E-state index contributed by atoms with van der Waals surface area (Å²) < 4.78 is 0. The largest absolute Gasteiger partial charge is 0.335 e. The number of rotatable bonds is 2. The van der Waals surface area contributed by atoms with Crippen LogP contribution in [0.5, 0.6) is 0 Å². The molecule has 4 nitrogen and oxygen atoms in total. The molecule has 0 fully saturated rings. The second-order valence-corrected chi connectivity index (χ2v) is 5.11. The summed E-state index contributed by atoms with van der Waals surface area (Å²) in [7, 11) is 0. The molecule has 0 saturated heterocycles. The van der Waals surface area contributed by atoms with E-state index in [1.54, 1.807) is 4.90 Å². The van der Waals surface area contributed by atoms with E-state index in [0.717, 1.165) is 16.8 Å². The zero-order valence-corrected chi connectivity index (χ0v) is 10.8. The van der Waals surface area contributed by atoms with Gasteiger partial charge in [-0.2, -0.15) is 0 Å². The molecule has 0 unspecified atom stereocenters. The second kappa shape index (κ2) is 4.53. The minimum Gasteiger partial charge on any atom is -0.335 e. The van der Waals surface area contributed by atoms with E-state index in [1.165, 1.54) is 0 Å². The number of aryl methyl sites for hydroxylation is 1. The van der Waals surface area contributed by atoms with Gasteiger partial charge < -0.3 is 10.2 Å². The zero-order valence-electron chi connectivity index (χ0n) is 10.8. The summed E-state index contributed by atoms with van der Waals surface area (Å²) in [4.78, 5) is 25.9. The summed E-state index contributed by atoms with van der Waals surface area (Å²) >= 11 is 0. The van der Waals surface area contributed by atoms with E-state index >= 15 is 0 Å². The van der Waals surface area contributed by atoms with Crippen molar-refractivity contribution in [3.8, 4) is 0 Å². The van der Waals surface area contributed by atoms with Crippen LogP contribution in [0.1, 0.15) is 23.5 Å². The van der Waals surface area contributed by atoms with Crippen molar-refractivity contribution in [2.24, 2.45) is 0 Å². The molecular formula is C15H16N2O2. The Morgan fingerprint density at radius 3 is 2.84 bits per heavy atom. The van der Waals surface area contributed by atoms with E-state index in [0.29, 0.717) is 13.1 Å². The quantitative estimate of drug-likeness (QED) is 0.820. The third-order valence-electron chi connectivity index (χ3n) is 3.71. The molecule has 2 aliphatic rings. The van der Waals surface area contributed by atoms with Gasteiger partial charge in [-0.05, 0) is 24.1 Å². The molecule has 1 N–H and O–H groups in total. The van der Waals surface area contributed by atoms with Gasteiger partial charge in [0.2, 0.25) is 11.8 Å². The van der Waals surface area contributed by atoms with E-state index in [2.05, 4.69) is 5.32 Å². The highest BCUT2D eigenvalue weighted by molar-refractivity contribution is 6.05. The van der Waals surface area contributed by atoms with Gasteiger partial charge in [-0.1, -0.05) is 24.3 Å². The number of fused-ring (bicyclic) bond motifs is 1. The Morgan fingerprint density at radius 1 is 1.37 bits per heavy atom. The van der Waals surface area contributed by atoms with Crippen LogP contribution in [0.4, 0.5) is 5.69 Å². The van der Waals surface area contributed by atoms with Gasteiger partial charge in [-0.3, -0.25) is 9.59 Å². The number of amides is 2. The molecule has 0 radical (unpaired) electrons. The van der Waals surface area contributed by atoms with E-state index in [4.69, 9.17) is 0 Å². The summed E-state index contributed by atoms with van der Waals surface area (Å²) in [6.07, 6.45) is 4.21. The second-order valence-electron chi connectivity index (χ2n) is 5.11. The van der Waals surface area contributed by atoms with Crippen molar-refractivity contribution in [2.45, 2.75) is 19.3 Å². The van der Waals surface area contributed by atoms with Gasteiger partial charge in [0, 0.05) is 25.2 Å². The molecule has 98 valence electrons. The molecule has 0 bridgehead atoms. The van der Waals surface area contributed by atoms with Crippen LogP contribution in [0.3, 0.4) is 0 Å². The normalized spacial score (nSPS) is 20.6. The van der Waals surface area contributed by atoms with Gasteiger partial charge in [-0.25, -0.2) is 0 Å². The third-order valence-corrected chi connectivity index (χ3v) is 3.71. The van der Waals surface area contributed by atoms with Crippen LogP contribution >= 0.6 is 0 Å². The maximum atomic E-state index is 12.1. The van der Waals surface area contributed by atoms with Crippen LogP contribution in [0.2, 0.25) is 0 Å². The van der Waals surface area contributed by atoms with Crippen LogP contribution in [0.25, 0.3) is 0 Å². The van der Waals surface area contributed by atoms with E-state index in [-0.39, 0.29) is 24.2 Å². The summed E-state index contributed by atoms with van der Waals surface area (Å²) in [5.74, 6) is -0.372. The van der Waals surface area contributed by atoms with Crippen molar-refractivity contribution in [1.29, 1.82) is 0 Å². The Morgan fingerprint density at radius 2 is 2.11 bits per heavy atom. The van der Waals surface area contributed by atoms with Crippen molar-refractivity contribution in [2.75, 3.05) is 18.4 Å². The molecule has 19 heavy (non-hydrogen) atoms. The highest BCUT2D eigenvalue weighted by Crippen LogP contribution is 2.35. The maximum absolute atomic E-state index is 12.1. The van der Waals surface area contributed by atoms with E-state index < -0.39 is 0 Å². The van der Waals surface area contributed by atoms with Gasteiger partial charge in [-0.15, -0.1) is 0 Å². The monoisotopic (exact) mass is 256 g/mol. The molecule has 3 rings (SSSR count). The average Bonchev–Trinajstić information content (AvgIpc) is 2.98. The molecule has 0 saturated carbocycles. The molecule has 0 spiro atoms. The van der Waals surface area contributed by atoms with Crippen molar-refractivity contribution in [3.63, 3.8) is 0 Å². The van der Waals surface area contributed by atoms with Gasteiger partial charge in [0.1, 0.15) is 0 Å². The Bertz CT molecular complexity index is 570. The smallest absolute Gasteiger partial charge is 0.232 e. The Kier molecular flexibility index (Phi) is 2.85. The molecule has 4 heteroatoms. The molecule has 2 aliphatic heterocycles. The molecule has 2 heterocycles. The highest BCUT2D eigenvalue weighted by Gasteiger charge is 2.33. The fourth-order valence-corrected chi connectivity index (χ4v) is 2.63. The standard InChI is InChI=1S/C15H16N2O2/c1-10-4-5-11-12(15(19)16-13(11)8-10)9-14(18)17-6-2-3-7-17/h2-5,8,12H,6-7,9H2,1H3,(H,16,19)/t12-/m1/s1. The Hall–Kier alpha value is -2.10. The first kappa shape index (κ1) is 12.0. The molecule has 2 amide bonds. The van der Waals surface area contributed by atoms with Crippen LogP contribution < -0.4 is 5.32 Å². The van der Waals surface area contributed by atoms with Crippen molar-refractivity contribution >= 4 is 17.5 Å². The maximum Gasteiger partial charge on any atom is 0.232 e. The Labute approximate surface area is 112 Å². The first-order valence-corrected chi connectivity index (χ1v) is 6.49. The summed E-state index contributed by atoms with van der Waals surface area (Å²) in [5.41, 5.74) is 2.90. The molecular weight excluding hydrogens is 240 g/mol. The lowest BCUT2D eigenvalue weighted by Crippen LogP contribution is -2.30. The topological polar surface area (TPSA) is 49.4 Å². The SMILES string of the molecule is Cc1ccc2c(c1)NC(=O)[C@@H]2CC(=O)N1CC=CC1. The number of hydrogen-bond donors (Lipinski definition) is 1. The predicted molar refractivity (Wildman–Crippen MR) is 72.9 cm³/mol. The van der Waals surface area contributed by atoms with E-state index in [9.17, 15) is 9.59 Å². The molecule has 1 aromatic carbocycles. The number of benzene rings is 1. The lowest BCUT2D eigenvalue weighted by molar-refractivity contribution is -0.132. The first-order valence-electron chi connectivity index (χ1n) is 6.49. The van der Waals surface area contributed by atoms with Gasteiger partial charge >= 0.3 is 0 Å². The number of carbonyl (C=O) groups is 2. The highest BCUT2D eigenvalue weighted by atomic mass is 16.2. The van der Waals surface area contributed by atoms with Gasteiger partial charge in [0.25, 0.3) is 0 Å². The molecule has 0 aromatic heterocycles. The van der Waals surface area contributed by atoms with Crippen LogP contribution in [0, 0.1) is 6.92 Å². The minimum absolute atomic E-state index is 0.0403. The fourth-order valence-electron chi connectivity index (χ4n) is 2.63. The number of nitrogens with one attached hydrogen (secondary N) is 1. The lowest BCUT2D eigenvalue weighted by Gasteiger charge is -2.17. The van der Waals surface area contributed by atoms with Crippen LogP contribution in [0.15, 0.2) is 30.4 Å². The molecule has 1 atom stereocenters. The number of anilines is 1. The third kappa shape index (κ3) is 2.14. The molecule has 1 aromatic rings. The lowest BCUT2D eigenvalue weighted by atomic mass is 9.96. The minimum atomic E-state index is -0.344. The van der Waals surface area contributed by atoms with Crippen molar-refractivity contribution in [1.82, 2.24) is 4.90 Å². The number of carbonyl (C=O) groups excluding carboxylic acids is 2. The fraction of sp³-hybridized carbons (Fsp3) is 0.333. The van der Waals surface area contributed by atoms with Crippen LogP contribution in [-0.4, -0.2) is 29.8 Å². The van der Waals surface area contributed by atoms with Crippen molar-refractivity contribution in [3.05, 3.63) is 41.5 Å². The predicted octanol–water partition coefficient (Wildman–Crippen LogP) is 1.82. The summed E-state index contributed by atoms with van der Waals surface area (Å²) in [6.45, 7) is 3.31. The average molecular weight is 256 g/mol. The number of nitrogens with zero attached hydrogens (tertiary/aromatic N) is 1. The van der Waals surface area contributed by atoms with E-state index in [1.807, 2.05) is 37.3 Å². The first-order chi connectivity index (χ1) is 9.15. The van der Waals surface area contributed by atoms with Crippen LogP contribution in [-0.2, 0) is 9.59 Å². The summed E-state index contributed by atoms with van der Waals surface area (Å²) in [6, 6.07) is 5.88. The molecule has 0 aliphatic carbocycles. The number of hydrogen-bond acceptors (Lipinski definition) is 2. The summed E-state index contributed by atoms with van der Waals surface area (Å²) in [5, 5.41) is 2.86.